The molecule has 0 amide bonds. The number of nitrogens with one attached hydrogen (secondary N) is 1. The van der Waals surface area contributed by atoms with E-state index in [1.807, 2.05) is 0 Å². The Morgan fingerprint density at radius 3 is 2.78 bits per heavy atom. The molecule has 1 N–H and O–H groups in total. The highest BCUT2D eigenvalue weighted by Crippen LogP contribution is 2.39. The SMILES string of the molecule is CCC(F)C(F)(F)c1cc(C=O)cc2[nH]ccc12. The number of aldehydes is 1. The van der Waals surface area contributed by atoms with E-state index in [0.717, 1.165) is 6.07 Å². The van der Waals surface area contributed by atoms with E-state index in [0.29, 0.717) is 11.8 Å². The number of hydrogen-bond donors (Lipinski definition) is 1. The van der Waals surface area contributed by atoms with Crippen molar-refractivity contribution in [2.24, 2.45) is 0 Å². The Kier molecular flexibility index (Phi) is 3.15. The Morgan fingerprint density at radius 1 is 1.44 bits per heavy atom. The van der Waals surface area contributed by atoms with Gasteiger partial charge in [-0.25, -0.2) is 4.39 Å². The van der Waals surface area contributed by atoms with E-state index in [4.69, 9.17) is 0 Å². The van der Waals surface area contributed by atoms with Crippen LogP contribution in [0.25, 0.3) is 10.9 Å². The third-order valence-electron chi connectivity index (χ3n) is 2.94. The van der Waals surface area contributed by atoms with Gasteiger partial charge in [-0.2, -0.15) is 8.78 Å². The van der Waals surface area contributed by atoms with Gasteiger partial charge in [-0.1, -0.05) is 6.92 Å². The van der Waals surface area contributed by atoms with E-state index in [2.05, 4.69) is 4.98 Å². The molecule has 1 atom stereocenters. The summed E-state index contributed by atoms with van der Waals surface area (Å²) in [6, 6.07) is 3.96. The Labute approximate surface area is 102 Å². The number of halogens is 3. The first kappa shape index (κ1) is 12.7. The number of rotatable bonds is 4. The lowest BCUT2D eigenvalue weighted by Gasteiger charge is -2.21. The highest BCUT2D eigenvalue weighted by Gasteiger charge is 2.42. The first-order chi connectivity index (χ1) is 8.50. The van der Waals surface area contributed by atoms with Crippen LogP contribution >= 0.6 is 0 Å². The average Bonchev–Trinajstić information content (AvgIpc) is 2.84. The van der Waals surface area contributed by atoms with Crippen molar-refractivity contribution in [3.63, 3.8) is 0 Å². The van der Waals surface area contributed by atoms with Crippen molar-refractivity contribution in [2.45, 2.75) is 25.4 Å². The fourth-order valence-electron chi connectivity index (χ4n) is 1.96. The Morgan fingerprint density at radius 2 is 2.17 bits per heavy atom. The number of aromatic amines is 1. The normalized spacial score (nSPS) is 13.8. The lowest BCUT2D eigenvalue weighted by molar-refractivity contribution is -0.0785. The van der Waals surface area contributed by atoms with Gasteiger partial charge in [0.05, 0.1) is 0 Å². The van der Waals surface area contributed by atoms with Crippen molar-refractivity contribution < 1.29 is 18.0 Å². The molecule has 2 nitrogen and oxygen atoms in total. The number of carbonyl (C=O) groups excluding carboxylic acids is 1. The van der Waals surface area contributed by atoms with Gasteiger partial charge in [-0.15, -0.1) is 0 Å². The maximum Gasteiger partial charge on any atom is 0.304 e. The molecule has 18 heavy (non-hydrogen) atoms. The van der Waals surface area contributed by atoms with Crippen LogP contribution < -0.4 is 0 Å². The Balaban J connectivity index is 2.68. The van der Waals surface area contributed by atoms with Crippen molar-refractivity contribution in [2.75, 3.05) is 0 Å². The lowest BCUT2D eigenvalue weighted by atomic mass is 9.97. The number of benzene rings is 1. The third-order valence-corrected chi connectivity index (χ3v) is 2.94. The van der Waals surface area contributed by atoms with Gasteiger partial charge in [0.2, 0.25) is 0 Å². The first-order valence-electron chi connectivity index (χ1n) is 5.59. The number of carbonyl (C=O) groups is 1. The molecule has 2 aromatic rings. The zero-order valence-electron chi connectivity index (χ0n) is 9.71. The molecule has 1 unspecified atom stereocenters. The minimum Gasteiger partial charge on any atom is -0.361 e. The van der Waals surface area contributed by atoms with Crippen molar-refractivity contribution >= 4 is 17.2 Å². The minimum absolute atomic E-state index is 0.0999. The lowest BCUT2D eigenvalue weighted by Crippen LogP contribution is -2.27. The molecule has 5 heteroatoms. The monoisotopic (exact) mass is 255 g/mol. The number of H-pyrrole nitrogens is 1. The average molecular weight is 255 g/mol. The van der Waals surface area contributed by atoms with Crippen molar-refractivity contribution in [1.82, 2.24) is 4.98 Å². The summed E-state index contributed by atoms with van der Waals surface area (Å²) in [6.07, 6.45) is -0.598. The van der Waals surface area contributed by atoms with Gasteiger partial charge in [-0.05, 0) is 24.6 Å². The van der Waals surface area contributed by atoms with Crippen molar-refractivity contribution in [1.29, 1.82) is 0 Å². The highest BCUT2D eigenvalue weighted by molar-refractivity contribution is 5.90. The second kappa shape index (κ2) is 4.48. The maximum absolute atomic E-state index is 14.0. The molecule has 0 saturated carbocycles. The van der Waals surface area contributed by atoms with Crippen LogP contribution in [-0.2, 0) is 5.92 Å². The molecule has 1 aromatic carbocycles. The largest absolute Gasteiger partial charge is 0.361 e. The molecule has 0 spiro atoms. The van der Waals surface area contributed by atoms with Crippen LogP contribution in [0.15, 0.2) is 24.4 Å². The van der Waals surface area contributed by atoms with Crippen LogP contribution in [0.3, 0.4) is 0 Å². The molecule has 1 aromatic heterocycles. The molecule has 0 aliphatic carbocycles. The topological polar surface area (TPSA) is 32.9 Å². The zero-order chi connectivity index (χ0) is 13.3. The van der Waals surface area contributed by atoms with Gasteiger partial charge in [0.15, 0.2) is 6.17 Å². The van der Waals surface area contributed by atoms with Gasteiger partial charge in [0.25, 0.3) is 0 Å². The van der Waals surface area contributed by atoms with E-state index in [-0.39, 0.29) is 17.4 Å². The fraction of sp³-hybridized carbons (Fsp3) is 0.308. The molecule has 0 saturated heterocycles. The second-order valence-electron chi connectivity index (χ2n) is 4.12. The second-order valence-corrected chi connectivity index (χ2v) is 4.12. The van der Waals surface area contributed by atoms with Gasteiger partial charge in [-0.3, -0.25) is 4.79 Å². The van der Waals surface area contributed by atoms with E-state index in [1.165, 1.54) is 25.3 Å². The first-order valence-corrected chi connectivity index (χ1v) is 5.59. The van der Waals surface area contributed by atoms with Gasteiger partial charge >= 0.3 is 5.92 Å². The van der Waals surface area contributed by atoms with Crippen molar-refractivity contribution in [3.05, 3.63) is 35.5 Å². The summed E-state index contributed by atoms with van der Waals surface area (Å²) in [7, 11) is 0. The molecular formula is C13H12F3NO. The predicted octanol–water partition coefficient (Wildman–Crippen LogP) is 3.82. The van der Waals surface area contributed by atoms with E-state index >= 15 is 0 Å². The Hall–Kier alpha value is -1.78. The summed E-state index contributed by atoms with van der Waals surface area (Å²) in [5, 5.41) is 0.238. The highest BCUT2D eigenvalue weighted by atomic mass is 19.3. The van der Waals surface area contributed by atoms with Gasteiger partial charge in [0, 0.05) is 28.2 Å². The quantitative estimate of drug-likeness (QED) is 0.828. The zero-order valence-corrected chi connectivity index (χ0v) is 9.71. The van der Waals surface area contributed by atoms with Crippen molar-refractivity contribution in [3.8, 4) is 0 Å². The molecule has 0 fully saturated rings. The molecule has 1 heterocycles. The molecule has 0 aliphatic heterocycles. The molecule has 0 radical (unpaired) electrons. The van der Waals surface area contributed by atoms with Crippen LogP contribution in [0.5, 0.6) is 0 Å². The fourth-order valence-corrected chi connectivity index (χ4v) is 1.96. The summed E-state index contributed by atoms with van der Waals surface area (Å²) in [5.74, 6) is -3.60. The number of hydrogen-bond acceptors (Lipinski definition) is 1. The van der Waals surface area contributed by atoms with E-state index < -0.39 is 17.7 Å². The standard InChI is InChI=1S/C13H12F3NO/c1-2-12(14)13(15,16)10-5-8(7-18)6-11-9(10)3-4-17-11/h3-7,12,17H,2H2,1H3. The summed E-state index contributed by atoms with van der Waals surface area (Å²) in [6.45, 7) is 1.36. The van der Waals surface area contributed by atoms with Crippen LogP contribution in [0.4, 0.5) is 13.2 Å². The van der Waals surface area contributed by atoms with Gasteiger partial charge in [0.1, 0.15) is 6.29 Å². The van der Waals surface area contributed by atoms with E-state index in [1.54, 1.807) is 0 Å². The summed E-state index contributed by atoms with van der Waals surface area (Å²) in [4.78, 5) is 13.5. The van der Waals surface area contributed by atoms with Gasteiger partial charge < -0.3 is 4.98 Å². The maximum atomic E-state index is 14.0. The minimum atomic E-state index is -3.60. The molecule has 96 valence electrons. The molecule has 2 rings (SSSR count). The Bertz CT molecular complexity index is 577. The number of alkyl halides is 3. The van der Waals surface area contributed by atoms with Crippen LogP contribution in [0.1, 0.15) is 29.3 Å². The third kappa shape index (κ3) is 1.89. The van der Waals surface area contributed by atoms with E-state index in [9.17, 15) is 18.0 Å². The summed E-state index contributed by atoms with van der Waals surface area (Å²) >= 11 is 0. The summed E-state index contributed by atoms with van der Waals surface area (Å²) in [5.41, 5.74) is 0.0539. The molecular weight excluding hydrogens is 243 g/mol. The molecule has 0 bridgehead atoms. The smallest absolute Gasteiger partial charge is 0.304 e. The van der Waals surface area contributed by atoms with Crippen LogP contribution in [-0.4, -0.2) is 17.4 Å². The predicted molar refractivity (Wildman–Crippen MR) is 62.8 cm³/mol. The number of fused-ring (bicyclic) bond motifs is 1. The molecule has 0 aliphatic rings. The van der Waals surface area contributed by atoms with Crippen LogP contribution in [0.2, 0.25) is 0 Å². The summed E-state index contributed by atoms with van der Waals surface area (Å²) < 4.78 is 41.4. The number of aromatic nitrogens is 1. The van der Waals surface area contributed by atoms with Crippen LogP contribution in [0, 0.1) is 0 Å².